The lowest BCUT2D eigenvalue weighted by Crippen LogP contribution is -2.14. The van der Waals surface area contributed by atoms with Gasteiger partial charge in [0.15, 0.2) is 0 Å². The minimum absolute atomic E-state index is 0.185. The van der Waals surface area contributed by atoms with Crippen LogP contribution in [-0.4, -0.2) is 24.5 Å². The summed E-state index contributed by atoms with van der Waals surface area (Å²) >= 11 is 0. The zero-order chi connectivity index (χ0) is 10.4. The quantitative estimate of drug-likeness (QED) is 0.736. The number of phenols is 1. The van der Waals surface area contributed by atoms with Crippen LogP contribution < -0.4 is 5.32 Å². The lowest BCUT2D eigenvalue weighted by molar-refractivity contribution is -0.118. The summed E-state index contributed by atoms with van der Waals surface area (Å²) in [6, 6.07) is 6.81. The van der Waals surface area contributed by atoms with Gasteiger partial charge in [0.25, 0.3) is 0 Å². The van der Waals surface area contributed by atoms with Crippen molar-refractivity contribution in [3.05, 3.63) is 29.8 Å². The van der Waals surface area contributed by atoms with Crippen molar-refractivity contribution in [2.75, 3.05) is 13.6 Å². The summed E-state index contributed by atoms with van der Waals surface area (Å²) in [6.07, 6.45) is 0.933. The predicted molar refractivity (Wildman–Crippen MR) is 55.4 cm³/mol. The van der Waals surface area contributed by atoms with Crippen molar-refractivity contribution in [2.45, 2.75) is 12.8 Å². The molecule has 1 aromatic carbocycles. The van der Waals surface area contributed by atoms with E-state index >= 15 is 0 Å². The number of nitrogens with one attached hydrogen (secondary N) is 1. The van der Waals surface area contributed by atoms with E-state index in [-0.39, 0.29) is 11.5 Å². The second kappa shape index (κ2) is 5.40. The number of hydrogen-bond donors (Lipinski definition) is 2. The van der Waals surface area contributed by atoms with Gasteiger partial charge in [0.2, 0.25) is 0 Å². The molecule has 3 heteroatoms. The molecule has 0 radical (unpaired) electrons. The first-order chi connectivity index (χ1) is 6.72. The fraction of sp³-hybridized carbons (Fsp3) is 0.364. The van der Waals surface area contributed by atoms with Crippen molar-refractivity contribution >= 4 is 5.78 Å². The van der Waals surface area contributed by atoms with Crippen molar-refractivity contribution in [1.29, 1.82) is 0 Å². The van der Waals surface area contributed by atoms with Gasteiger partial charge in [-0.15, -0.1) is 0 Å². The van der Waals surface area contributed by atoms with Crippen LogP contribution in [0, 0.1) is 0 Å². The Hall–Kier alpha value is -1.35. The normalized spacial score (nSPS) is 10.1. The van der Waals surface area contributed by atoms with E-state index in [0.717, 1.165) is 5.56 Å². The Kier molecular flexibility index (Phi) is 4.13. The van der Waals surface area contributed by atoms with Crippen LogP contribution in [0.25, 0.3) is 0 Å². The van der Waals surface area contributed by atoms with Crippen LogP contribution in [0.4, 0.5) is 0 Å². The third-order valence-corrected chi connectivity index (χ3v) is 1.97. The van der Waals surface area contributed by atoms with E-state index in [1.165, 1.54) is 0 Å². The average molecular weight is 193 g/mol. The first-order valence-corrected chi connectivity index (χ1v) is 4.66. The van der Waals surface area contributed by atoms with Gasteiger partial charge in [-0.25, -0.2) is 0 Å². The second-order valence-electron chi connectivity index (χ2n) is 3.24. The monoisotopic (exact) mass is 193 g/mol. The highest BCUT2D eigenvalue weighted by Crippen LogP contribution is 2.11. The number of benzene rings is 1. The van der Waals surface area contributed by atoms with Crippen LogP contribution in [0.3, 0.4) is 0 Å². The smallest absolute Gasteiger partial charge is 0.138 e. The molecule has 0 heterocycles. The standard InChI is InChI=1S/C11H15NO2/c1-12-6-5-11(14)8-9-3-2-4-10(13)7-9/h2-4,7,12-13H,5-6,8H2,1H3. The zero-order valence-corrected chi connectivity index (χ0v) is 8.29. The first-order valence-electron chi connectivity index (χ1n) is 4.66. The molecule has 0 amide bonds. The van der Waals surface area contributed by atoms with Crippen molar-refractivity contribution in [3.63, 3.8) is 0 Å². The number of phenolic OH excluding ortho intramolecular Hbond substituents is 1. The van der Waals surface area contributed by atoms with Crippen LogP contribution in [0.2, 0.25) is 0 Å². The molecule has 0 spiro atoms. The van der Waals surface area contributed by atoms with Gasteiger partial charge in [0.05, 0.1) is 0 Å². The molecule has 0 aliphatic rings. The molecule has 3 nitrogen and oxygen atoms in total. The number of Topliss-reactive ketones (excluding diaryl/α,β-unsaturated/α-hetero) is 1. The van der Waals surface area contributed by atoms with Crippen molar-refractivity contribution in [1.82, 2.24) is 5.32 Å². The van der Waals surface area contributed by atoms with Gasteiger partial charge in [-0.3, -0.25) is 4.79 Å². The van der Waals surface area contributed by atoms with E-state index in [0.29, 0.717) is 19.4 Å². The maximum absolute atomic E-state index is 11.4. The Labute approximate surface area is 83.8 Å². The molecule has 0 bridgehead atoms. The van der Waals surface area contributed by atoms with E-state index in [4.69, 9.17) is 0 Å². The number of carbonyl (C=O) groups is 1. The predicted octanol–water partition coefficient (Wildman–Crippen LogP) is 1.11. The van der Waals surface area contributed by atoms with Gasteiger partial charge in [0.1, 0.15) is 11.5 Å². The summed E-state index contributed by atoms with van der Waals surface area (Å²) in [6.45, 7) is 0.706. The molecule has 0 aliphatic heterocycles. The van der Waals surface area contributed by atoms with Gasteiger partial charge in [-0.2, -0.15) is 0 Å². The molecule has 0 aromatic heterocycles. The zero-order valence-electron chi connectivity index (χ0n) is 8.29. The average Bonchev–Trinajstić information content (AvgIpc) is 2.15. The third kappa shape index (κ3) is 3.58. The van der Waals surface area contributed by atoms with Crippen LogP contribution >= 0.6 is 0 Å². The lowest BCUT2D eigenvalue weighted by atomic mass is 10.1. The molecule has 0 unspecified atom stereocenters. The van der Waals surface area contributed by atoms with E-state index in [2.05, 4.69) is 5.32 Å². The highest BCUT2D eigenvalue weighted by atomic mass is 16.3. The van der Waals surface area contributed by atoms with Crippen molar-refractivity contribution < 1.29 is 9.90 Å². The minimum atomic E-state index is 0.185. The molecular formula is C11H15NO2. The van der Waals surface area contributed by atoms with Gasteiger partial charge in [0, 0.05) is 19.4 Å². The second-order valence-corrected chi connectivity index (χ2v) is 3.24. The summed E-state index contributed by atoms with van der Waals surface area (Å²) in [5.41, 5.74) is 0.867. The molecule has 76 valence electrons. The molecule has 1 aromatic rings. The number of rotatable bonds is 5. The Morgan fingerprint density at radius 3 is 2.93 bits per heavy atom. The highest BCUT2D eigenvalue weighted by molar-refractivity contribution is 5.81. The number of ketones is 1. The van der Waals surface area contributed by atoms with Crippen molar-refractivity contribution in [2.24, 2.45) is 0 Å². The Balaban J connectivity index is 2.47. The molecule has 2 N–H and O–H groups in total. The van der Waals surface area contributed by atoms with Gasteiger partial charge in [-0.1, -0.05) is 12.1 Å². The maximum atomic E-state index is 11.4. The SMILES string of the molecule is CNCCC(=O)Cc1cccc(O)c1. The van der Waals surface area contributed by atoms with E-state index in [1.807, 2.05) is 13.1 Å². The summed E-state index contributed by atoms with van der Waals surface area (Å²) in [7, 11) is 1.82. The van der Waals surface area contributed by atoms with E-state index in [9.17, 15) is 9.90 Å². The molecular weight excluding hydrogens is 178 g/mol. The molecule has 0 fully saturated rings. The van der Waals surface area contributed by atoms with Crippen LogP contribution in [0.5, 0.6) is 5.75 Å². The Morgan fingerprint density at radius 1 is 1.50 bits per heavy atom. The van der Waals surface area contributed by atoms with Gasteiger partial charge in [-0.05, 0) is 24.7 Å². The van der Waals surface area contributed by atoms with Crippen LogP contribution in [0.1, 0.15) is 12.0 Å². The minimum Gasteiger partial charge on any atom is -0.508 e. The summed E-state index contributed by atoms with van der Waals surface area (Å²) in [4.78, 5) is 11.4. The molecule has 0 aliphatic carbocycles. The Bertz CT molecular complexity index is 310. The fourth-order valence-electron chi connectivity index (χ4n) is 1.25. The number of carbonyl (C=O) groups excluding carboxylic acids is 1. The molecule has 0 saturated carbocycles. The molecule has 0 saturated heterocycles. The van der Waals surface area contributed by atoms with Crippen LogP contribution in [0.15, 0.2) is 24.3 Å². The highest BCUT2D eigenvalue weighted by Gasteiger charge is 2.03. The summed E-state index contributed by atoms with van der Waals surface area (Å²) < 4.78 is 0. The first kappa shape index (κ1) is 10.7. The molecule has 0 atom stereocenters. The van der Waals surface area contributed by atoms with E-state index in [1.54, 1.807) is 18.2 Å². The fourth-order valence-corrected chi connectivity index (χ4v) is 1.25. The summed E-state index contributed by atoms with van der Waals surface area (Å²) in [5.74, 6) is 0.397. The topological polar surface area (TPSA) is 49.3 Å². The van der Waals surface area contributed by atoms with Gasteiger partial charge < -0.3 is 10.4 Å². The maximum Gasteiger partial charge on any atom is 0.138 e. The summed E-state index contributed by atoms with van der Waals surface area (Å²) in [5, 5.41) is 12.1. The third-order valence-electron chi connectivity index (χ3n) is 1.97. The van der Waals surface area contributed by atoms with Crippen molar-refractivity contribution in [3.8, 4) is 5.75 Å². The largest absolute Gasteiger partial charge is 0.508 e. The number of aromatic hydroxyl groups is 1. The van der Waals surface area contributed by atoms with Crippen LogP contribution in [-0.2, 0) is 11.2 Å². The van der Waals surface area contributed by atoms with Gasteiger partial charge >= 0.3 is 0 Å². The number of hydrogen-bond acceptors (Lipinski definition) is 3. The molecule has 14 heavy (non-hydrogen) atoms. The lowest BCUT2D eigenvalue weighted by Gasteiger charge is -2.01. The Morgan fingerprint density at radius 2 is 2.29 bits per heavy atom. The van der Waals surface area contributed by atoms with E-state index < -0.39 is 0 Å². The molecule has 1 rings (SSSR count).